The molecule has 60 heavy (non-hydrogen) atoms. The van der Waals surface area contributed by atoms with Gasteiger partial charge < -0.3 is 9.47 Å². The summed E-state index contributed by atoms with van der Waals surface area (Å²) in [5.74, 6) is 0. The van der Waals surface area contributed by atoms with Gasteiger partial charge in [-0.1, -0.05) is 182 Å². The van der Waals surface area contributed by atoms with E-state index in [1.54, 1.807) is 0 Å². The lowest BCUT2D eigenvalue weighted by molar-refractivity contribution is 1.18. The van der Waals surface area contributed by atoms with Gasteiger partial charge in [0.15, 0.2) is 0 Å². The summed E-state index contributed by atoms with van der Waals surface area (Å²) in [6, 6.07) is 87.9. The van der Waals surface area contributed by atoms with Crippen molar-refractivity contribution in [2.45, 2.75) is 0 Å². The van der Waals surface area contributed by atoms with Crippen molar-refractivity contribution in [3.8, 4) is 50.2 Å². The highest BCUT2D eigenvalue weighted by Crippen LogP contribution is 2.43. The summed E-state index contributed by atoms with van der Waals surface area (Å²) >= 11 is 0. The second kappa shape index (κ2) is 15.1. The molecule has 0 amide bonds. The number of aromatic nitrogens is 1. The molecule has 0 spiro atoms. The zero-order chi connectivity index (χ0) is 39.8. The van der Waals surface area contributed by atoms with E-state index in [9.17, 15) is 0 Å². The minimum absolute atomic E-state index is 1.08. The Kier molecular flexibility index (Phi) is 8.87. The molecule has 0 fully saturated rings. The number of nitrogens with zero attached hydrogens (tertiary/aromatic N) is 2. The van der Waals surface area contributed by atoms with Gasteiger partial charge in [0.2, 0.25) is 0 Å². The first-order valence-corrected chi connectivity index (χ1v) is 20.6. The summed E-state index contributed by atoms with van der Waals surface area (Å²) < 4.78 is 2.41. The van der Waals surface area contributed by atoms with Crippen LogP contribution in [0.15, 0.2) is 243 Å². The van der Waals surface area contributed by atoms with E-state index in [1.807, 2.05) is 0 Å². The molecule has 0 bridgehead atoms. The van der Waals surface area contributed by atoms with E-state index in [4.69, 9.17) is 0 Å². The summed E-state index contributed by atoms with van der Waals surface area (Å²) in [4.78, 5) is 2.39. The van der Waals surface area contributed by atoms with E-state index in [1.165, 1.54) is 71.5 Å². The fourth-order valence-corrected chi connectivity index (χ4v) is 8.92. The molecule has 0 atom stereocenters. The highest BCUT2D eigenvalue weighted by Gasteiger charge is 2.19. The zero-order valence-corrected chi connectivity index (χ0v) is 33.0. The Labute approximate surface area is 350 Å². The largest absolute Gasteiger partial charge is 0.310 e. The Balaban J connectivity index is 1.07. The normalized spacial score (nSPS) is 11.3. The van der Waals surface area contributed by atoms with Gasteiger partial charge in [-0.05, 0) is 110 Å². The van der Waals surface area contributed by atoms with Crippen molar-refractivity contribution < 1.29 is 0 Å². The molecule has 11 rings (SSSR count). The van der Waals surface area contributed by atoms with Crippen LogP contribution in [0, 0.1) is 0 Å². The Hall–Kier alpha value is -7.94. The maximum Gasteiger partial charge on any atom is 0.0541 e. The fourth-order valence-electron chi connectivity index (χ4n) is 8.92. The van der Waals surface area contributed by atoms with Gasteiger partial charge in [0.05, 0.1) is 16.7 Å². The van der Waals surface area contributed by atoms with E-state index in [-0.39, 0.29) is 0 Å². The summed E-state index contributed by atoms with van der Waals surface area (Å²) in [5.41, 5.74) is 16.3. The average molecular weight is 765 g/mol. The van der Waals surface area contributed by atoms with Crippen LogP contribution in [0.3, 0.4) is 0 Å². The predicted octanol–water partition coefficient (Wildman–Crippen LogP) is 16.1. The molecular weight excluding hydrogens is 725 g/mol. The number of anilines is 3. The van der Waals surface area contributed by atoms with Crippen LogP contribution in [-0.2, 0) is 0 Å². The highest BCUT2D eigenvalue weighted by atomic mass is 15.1. The van der Waals surface area contributed by atoms with Gasteiger partial charge in [0.25, 0.3) is 0 Å². The molecule has 1 heterocycles. The van der Waals surface area contributed by atoms with Gasteiger partial charge in [-0.15, -0.1) is 0 Å². The van der Waals surface area contributed by atoms with Crippen LogP contribution in [-0.4, -0.2) is 4.57 Å². The third kappa shape index (κ3) is 6.32. The summed E-state index contributed by atoms with van der Waals surface area (Å²) in [5, 5.41) is 4.99. The van der Waals surface area contributed by atoms with Crippen molar-refractivity contribution in [2.75, 3.05) is 4.90 Å². The van der Waals surface area contributed by atoms with E-state index < -0.39 is 0 Å². The van der Waals surface area contributed by atoms with Gasteiger partial charge in [-0.25, -0.2) is 0 Å². The Bertz CT molecular complexity index is 3250. The summed E-state index contributed by atoms with van der Waals surface area (Å²) in [6.07, 6.45) is 0. The van der Waals surface area contributed by atoms with Crippen molar-refractivity contribution in [3.05, 3.63) is 243 Å². The van der Waals surface area contributed by atoms with E-state index in [0.717, 1.165) is 28.3 Å². The van der Waals surface area contributed by atoms with Crippen LogP contribution in [0.5, 0.6) is 0 Å². The summed E-state index contributed by atoms with van der Waals surface area (Å²) in [7, 11) is 0. The monoisotopic (exact) mass is 764 g/mol. The quantitative estimate of drug-likeness (QED) is 0.150. The smallest absolute Gasteiger partial charge is 0.0541 e. The molecule has 0 saturated heterocycles. The first-order valence-electron chi connectivity index (χ1n) is 20.6. The number of rotatable bonds is 8. The lowest BCUT2D eigenvalue weighted by Gasteiger charge is -2.27. The van der Waals surface area contributed by atoms with Gasteiger partial charge in [-0.2, -0.15) is 0 Å². The molecule has 0 aliphatic heterocycles. The maximum absolute atomic E-state index is 2.41. The molecule has 0 saturated carbocycles. The van der Waals surface area contributed by atoms with Crippen LogP contribution < -0.4 is 4.90 Å². The molecule has 10 aromatic carbocycles. The van der Waals surface area contributed by atoms with Gasteiger partial charge in [-0.3, -0.25) is 0 Å². The number of para-hydroxylation sites is 3. The molecule has 0 unspecified atom stereocenters. The predicted molar refractivity (Wildman–Crippen MR) is 255 cm³/mol. The molecule has 11 aromatic rings. The summed E-state index contributed by atoms with van der Waals surface area (Å²) in [6.45, 7) is 0. The van der Waals surface area contributed by atoms with Crippen LogP contribution >= 0.6 is 0 Å². The number of fused-ring (bicyclic) bond motifs is 4. The second-order valence-electron chi connectivity index (χ2n) is 15.3. The maximum atomic E-state index is 2.41. The molecule has 2 heteroatoms. The SMILES string of the molecule is c1ccc(-c2cccc(N(c3ccc(-c4ccccc4-n4c5ccccc5c5ccccc54)cc3)c3ccc(-c4ccc5ccccc5c4)c(-c4ccccc4)c3)c2)cc1. The lowest BCUT2D eigenvalue weighted by atomic mass is 9.92. The van der Waals surface area contributed by atoms with E-state index >= 15 is 0 Å². The molecule has 282 valence electrons. The molecule has 0 aliphatic rings. The fraction of sp³-hybridized carbons (Fsp3) is 0. The van der Waals surface area contributed by atoms with Gasteiger partial charge >= 0.3 is 0 Å². The van der Waals surface area contributed by atoms with Crippen LogP contribution in [0.4, 0.5) is 17.1 Å². The van der Waals surface area contributed by atoms with Crippen molar-refractivity contribution in [1.29, 1.82) is 0 Å². The number of hydrogen-bond acceptors (Lipinski definition) is 1. The molecule has 0 aliphatic carbocycles. The van der Waals surface area contributed by atoms with Crippen LogP contribution in [0.25, 0.3) is 82.8 Å². The minimum Gasteiger partial charge on any atom is -0.310 e. The lowest BCUT2D eigenvalue weighted by Crippen LogP contribution is -2.10. The van der Waals surface area contributed by atoms with Crippen molar-refractivity contribution >= 4 is 49.6 Å². The van der Waals surface area contributed by atoms with Crippen LogP contribution in [0.2, 0.25) is 0 Å². The number of benzene rings is 10. The molecule has 2 nitrogen and oxygen atoms in total. The minimum atomic E-state index is 1.08. The van der Waals surface area contributed by atoms with Crippen molar-refractivity contribution in [2.24, 2.45) is 0 Å². The molecule has 0 N–H and O–H groups in total. The third-order valence-electron chi connectivity index (χ3n) is 11.8. The third-order valence-corrected chi connectivity index (χ3v) is 11.8. The van der Waals surface area contributed by atoms with Crippen molar-refractivity contribution in [3.63, 3.8) is 0 Å². The second-order valence-corrected chi connectivity index (χ2v) is 15.3. The Morgan fingerprint density at radius 3 is 1.57 bits per heavy atom. The first-order chi connectivity index (χ1) is 29.8. The average Bonchev–Trinajstić information content (AvgIpc) is 3.66. The topological polar surface area (TPSA) is 8.17 Å². The van der Waals surface area contributed by atoms with E-state index in [0.29, 0.717) is 0 Å². The van der Waals surface area contributed by atoms with Gasteiger partial charge in [0.1, 0.15) is 0 Å². The molecule has 1 aromatic heterocycles. The standard InChI is InChI=1S/C58H40N2/c1-3-16-41(17-4-1)46-22-15-23-49(39-46)59(50-36-37-51(55(40-50)43-19-5-2-6-20-43)47-31-30-42-18-7-8-21-45(42)38-47)48-34-32-44(33-35-48)52-24-9-12-27-56(52)60-57-28-13-10-25-53(57)54-26-11-14-29-58(54)60/h1-40H. The van der Waals surface area contributed by atoms with Crippen LogP contribution in [0.1, 0.15) is 0 Å². The first kappa shape index (κ1) is 35.2. The molecular formula is C58H40N2. The zero-order valence-electron chi connectivity index (χ0n) is 33.0. The van der Waals surface area contributed by atoms with E-state index in [2.05, 4.69) is 252 Å². The van der Waals surface area contributed by atoms with Crippen molar-refractivity contribution in [1.82, 2.24) is 4.57 Å². The Morgan fingerprint density at radius 2 is 0.817 bits per heavy atom. The van der Waals surface area contributed by atoms with Gasteiger partial charge in [0, 0.05) is 33.4 Å². The molecule has 0 radical (unpaired) electrons. The highest BCUT2D eigenvalue weighted by molar-refractivity contribution is 6.09. The number of hydrogen-bond donors (Lipinski definition) is 0. The Morgan fingerprint density at radius 1 is 0.267 bits per heavy atom.